The summed E-state index contributed by atoms with van der Waals surface area (Å²) < 4.78 is 5.29. The maximum absolute atomic E-state index is 11.3. The van der Waals surface area contributed by atoms with Gasteiger partial charge in [-0.3, -0.25) is 9.59 Å². The van der Waals surface area contributed by atoms with Crippen LogP contribution in [0.1, 0.15) is 16.7 Å². The predicted octanol–water partition coefficient (Wildman–Crippen LogP) is 2.12. The van der Waals surface area contributed by atoms with Gasteiger partial charge in [-0.1, -0.05) is 11.6 Å². The van der Waals surface area contributed by atoms with E-state index in [1.807, 2.05) is 19.9 Å². The molecule has 0 saturated carbocycles. The molecule has 1 aromatic rings. The molecule has 0 bridgehead atoms. The van der Waals surface area contributed by atoms with Crippen LogP contribution in [0.3, 0.4) is 0 Å². The number of halogens is 1. The maximum atomic E-state index is 11.3. The summed E-state index contributed by atoms with van der Waals surface area (Å²) >= 11 is 6.18. The van der Waals surface area contributed by atoms with Crippen molar-refractivity contribution in [2.75, 3.05) is 14.2 Å². The first-order valence-corrected chi connectivity index (χ1v) is 5.83. The summed E-state index contributed by atoms with van der Waals surface area (Å²) in [4.78, 5) is 23.0. The van der Waals surface area contributed by atoms with Crippen LogP contribution < -0.4 is 4.74 Å². The van der Waals surface area contributed by atoms with Gasteiger partial charge in [0.25, 0.3) is 5.91 Å². The van der Waals surface area contributed by atoms with Crippen LogP contribution in [0.2, 0.25) is 5.02 Å². The average molecular weight is 270 g/mol. The lowest BCUT2D eigenvalue weighted by Crippen LogP contribution is -2.27. The van der Waals surface area contributed by atoms with Crippen molar-refractivity contribution in [2.45, 2.75) is 20.4 Å². The van der Waals surface area contributed by atoms with Crippen molar-refractivity contribution in [1.82, 2.24) is 4.90 Å². The molecule has 1 aromatic carbocycles. The van der Waals surface area contributed by atoms with Crippen molar-refractivity contribution in [3.8, 4) is 5.75 Å². The number of methoxy groups -OCH3 is 1. The van der Waals surface area contributed by atoms with E-state index in [0.717, 1.165) is 16.7 Å². The van der Waals surface area contributed by atoms with Crippen molar-refractivity contribution in [2.24, 2.45) is 0 Å². The van der Waals surface area contributed by atoms with Crippen LogP contribution in [0.5, 0.6) is 5.75 Å². The molecular weight excluding hydrogens is 254 g/mol. The van der Waals surface area contributed by atoms with Gasteiger partial charge < -0.3 is 9.64 Å². The van der Waals surface area contributed by atoms with E-state index in [0.29, 0.717) is 10.8 Å². The van der Waals surface area contributed by atoms with Crippen molar-refractivity contribution < 1.29 is 14.3 Å². The van der Waals surface area contributed by atoms with Gasteiger partial charge in [-0.25, -0.2) is 0 Å². The molecular formula is C13H16ClNO3. The molecule has 0 aliphatic carbocycles. The number of carbonyl (C=O) groups excluding carboxylic acids is 2. The van der Waals surface area contributed by atoms with Crippen LogP contribution in [0.4, 0.5) is 0 Å². The van der Waals surface area contributed by atoms with E-state index in [9.17, 15) is 9.59 Å². The lowest BCUT2D eigenvalue weighted by Gasteiger charge is -2.20. The number of rotatable bonds is 4. The molecule has 0 saturated heterocycles. The number of aryl methyl sites for hydroxylation is 1. The van der Waals surface area contributed by atoms with Crippen LogP contribution >= 0.6 is 11.6 Å². The van der Waals surface area contributed by atoms with Crippen LogP contribution in [-0.4, -0.2) is 31.3 Å². The summed E-state index contributed by atoms with van der Waals surface area (Å²) in [6.07, 6.45) is 0.289. The molecule has 0 fully saturated rings. The molecule has 0 radical (unpaired) electrons. The van der Waals surface area contributed by atoms with E-state index < -0.39 is 5.91 Å². The molecule has 1 rings (SSSR count). The molecule has 18 heavy (non-hydrogen) atoms. The van der Waals surface area contributed by atoms with Gasteiger partial charge in [0, 0.05) is 24.2 Å². The van der Waals surface area contributed by atoms with Gasteiger partial charge in [-0.2, -0.15) is 0 Å². The first kappa shape index (κ1) is 14.5. The van der Waals surface area contributed by atoms with E-state index in [1.54, 1.807) is 14.2 Å². The Morgan fingerprint density at radius 2 is 2.11 bits per heavy atom. The van der Waals surface area contributed by atoms with Gasteiger partial charge in [0.15, 0.2) is 0 Å². The molecule has 0 aliphatic heterocycles. The van der Waals surface area contributed by atoms with Gasteiger partial charge in [0.1, 0.15) is 5.75 Å². The normalized spacial score (nSPS) is 10.1. The van der Waals surface area contributed by atoms with E-state index in [4.69, 9.17) is 16.3 Å². The summed E-state index contributed by atoms with van der Waals surface area (Å²) in [6, 6.07) is 1.82. The zero-order valence-corrected chi connectivity index (χ0v) is 11.7. The summed E-state index contributed by atoms with van der Waals surface area (Å²) in [7, 11) is 3.12. The lowest BCUT2D eigenvalue weighted by molar-refractivity contribution is -0.138. The Kier molecular flexibility index (Phi) is 4.73. The summed E-state index contributed by atoms with van der Waals surface area (Å²) in [5.41, 5.74) is 2.59. The topological polar surface area (TPSA) is 46.6 Å². The number of aldehydes is 1. The Morgan fingerprint density at radius 3 is 2.61 bits per heavy atom. The summed E-state index contributed by atoms with van der Waals surface area (Å²) in [5, 5.41) is 0.651. The fourth-order valence-corrected chi connectivity index (χ4v) is 1.91. The van der Waals surface area contributed by atoms with Gasteiger partial charge in [0.05, 0.1) is 7.11 Å². The van der Waals surface area contributed by atoms with E-state index in [2.05, 4.69) is 0 Å². The number of hydrogen-bond acceptors (Lipinski definition) is 3. The second kappa shape index (κ2) is 5.87. The SMILES string of the molecule is COc1cc(C)c(Cl)c(C)c1CN(C)C(=O)C=O. The highest BCUT2D eigenvalue weighted by Crippen LogP contribution is 2.32. The predicted molar refractivity (Wildman–Crippen MR) is 70.0 cm³/mol. The first-order chi connectivity index (χ1) is 8.42. The smallest absolute Gasteiger partial charge is 0.286 e. The molecule has 98 valence electrons. The molecule has 0 heterocycles. The monoisotopic (exact) mass is 269 g/mol. The van der Waals surface area contributed by atoms with E-state index in [1.165, 1.54) is 4.90 Å². The molecule has 0 aromatic heterocycles. The Balaban J connectivity index is 3.19. The minimum atomic E-state index is -0.576. The third-order valence-electron chi connectivity index (χ3n) is 2.87. The van der Waals surface area contributed by atoms with Crippen LogP contribution in [0, 0.1) is 13.8 Å². The van der Waals surface area contributed by atoms with Gasteiger partial charge in [0.2, 0.25) is 6.29 Å². The van der Waals surface area contributed by atoms with Gasteiger partial charge >= 0.3 is 0 Å². The Bertz CT molecular complexity index is 486. The first-order valence-electron chi connectivity index (χ1n) is 5.45. The van der Waals surface area contributed by atoms with Gasteiger partial charge in [-0.05, 0) is 31.0 Å². The minimum absolute atomic E-state index is 0.284. The number of carbonyl (C=O) groups is 2. The van der Waals surface area contributed by atoms with Crippen LogP contribution in [-0.2, 0) is 16.1 Å². The summed E-state index contributed by atoms with van der Waals surface area (Å²) in [6.45, 7) is 4.04. The molecule has 0 aliphatic rings. The highest BCUT2D eigenvalue weighted by molar-refractivity contribution is 6.32. The van der Waals surface area contributed by atoms with Crippen LogP contribution in [0.15, 0.2) is 6.07 Å². The standard InChI is InChI=1S/C13H16ClNO3/c1-8-5-11(18-4)10(9(2)13(8)14)6-15(3)12(17)7-16/h5,7H,6H2,1-4H3. The van der Waals surface area contributed by atoms with E-state index >= 15 is 0 Å². The molecule has 4 nitrogen and oxygen atoms in total. The third kappa shape index (κ3) is 2.82. The van der Waals surface area contributed by atoms with Crippen molar-refractivity contribution >= 4 is 23.8 Å². The number of benzene rings is 1. The molecule has 5 heteroatoms. The number of likely N-dealkylation sites (N-methyl/N-ethyl adjacent to an activating group) is 1. The zero-order valence-electron chi connectivity index (χ0n) is 10.9. The van der Waals surface area contributed by atoms with Crippen molar-refractivity contribution in [3.05, 3.63) is 27.8 Å². The highest BCUT2D eigenvalue weighted by atomic mass is 35.5. The Labute approximate surface area is 111 Å². The second-order valence-corrected chi connectivity index (χ2v) is 4.50. The molecule has 0 atom stereocenters. The van der Waals surface area contributed by atoms with Crippen molar-refractivity contribution in [1.29, 1.82) is 0 Å². The molecule has 1 amide bonds. The third-order valence-corrected chi connectivity index (χ3v) is 3.45. The molecule has 0 unspecified atom stereocenters. The Morgan fingerprint density at radius 1 is 1.50 bits per heavy atom. The quantitative estimate of drug-likeness (QED) is 0.621. The van der Waals surface area contributed by atoms with Crippen LogP contribution in [0.25, 0.3) is 0 Å². The highest BCUT2D eigenvalue weighted by Gasteiger charge is 2.16. The van der Waals surface area contributed by atoms with Gasteiger partial charge in [-0.15, -0.1) is 0 Å². The number of amides is 1. The fourth-order valence-electron chi connectivity index (χ4n) is 1.74. The van der Waals surface area contributed by atoms with Crippen molar-refractivity contribution in [3.63, 3.8) is 0 Å². The zero-order chi connectivity index (χ0) is 13.9. The lowest BCUT2D eigenvalue weighted by atomic mass is 10.0. The minimum Gasteiger partial charge on any atom is -0.496 e. The number of hydrogen-bond donors (Lipinski definition) is 0. The average Bonchev–Trinajstić information content (AvgIpc) is 2.37. The molecule has 0 spiro atoms. The largest absolute Gasteiger partial charge is 0.496 e. The fraction of sp³-hybridized carbons (Fsp3) is 0.385. The number of nitrogens with zero attached hydrogens (tertiary/aromatic N) is 1. The summed E-state index contributed by atoms with van der Waals surface area (Å²) in [5.74, 6) is 0.0908. The number of ether oxygens (including phenoxy) is 1. The second-order valence-electron chi connectivity index (χ2n) is 4.13. The molecule has 0 N–H and O–H groups in total. The maximum Gasteiger partial charge on any atom is 0.286 e. The van der Waals surface area contributed by atoms with E-state index in [-0.39, 0.29) is 12.8 Å². The Hall–Kier alpha value is -1.55.